The Kier molecular flexibility index (Phi) is 5.55. The number of carbonyl (C=O) groups is 1. The largest absolute Gasteiger partial charge is 0.433 e. The van der Waals surface area contributed by atoms with Crippen LogP contribution in [-0.4, -0.2) is 15.3 Å². The van der Waals surface area contributed by atoms with Crippen molar-refractivity contribution in [3.8, 4) is 11.1 Å². The molecular formula is C20H14F7N3O. The number of amides is 1. The average Bonchev–Trinajstić information content (AvgIpc) is 2.93. The van der Waals surface area contributed by atoms with Crippen molar-refractivity contribution in [1.82, 2.24) is 9.36 Å². The van der Waals surface area contributed by atoms with Crippen molar-refractivity contribution < 1.29 is 35.5 Å². The normalized spacial score (nSPS) is 13.0. The molecule has 0 unspecified atom stereocenters. The van der Waals surface area contributed by atoms with Crippen LogP contribution in [-0.2, 0) is 26.4 Å². The van der Waals surface area contributed by atoms with Gasteiger partial charge in [-0.2, -0.15) is 31.3 Å². The Hall–Kier alpha value is -3.37. The fraction of sp³-hybridized carbons (Fsp3) is 0.200. The Labute approximate surface area is 170 Å². The smallest absolute Gasteiger partial charge is 0.282 e. The molecule has 0 fully saturated rings. The molecule has 1 heterocycles. The van der Waals surface area contributed by atoms with Crippen LogP contribution < -0.4 is 5.49 Å². The Bertz CT molecular complexity index is 1200. The predicted molar refractivity (Wildman–Crippen MR) is 96.1 cm³/mol. The lowest BCUT2D eigenvalue weighted by Gasteiger charge is -2.11. The number of halogens is 7. The van der Waals surface area contributed by atoms with Crippen LogP contribution in [0, 0.1) is 5.82 Å². The second kappa shape index (κ2) is 7.71. The molecule has 1 amide bonds. The number of rotatable bonds is 2. The zero-order chi connectivity index (χ0) is 23.1. The number of alkyl halides is 6. The molecule has 0 saturated heterocycles. The minimum atomic E-state index is -5.06. The highest BCUT2D eigenvalue weighted by Crippen LogP contribution is 2.36. The monoisotopic (exact) mass is 445 g/mol. The first-order valence-electron chi connectivity index (χ1n) is 8.67. The van der Waals surface area contributed by atoms with Gasteiger partial charge in [-0.1, -0.05) is 36.4 Å². The van der Waals surface area contributed by atoms with Gasteiger partial charge < -0.3 is 0 Å². The fourth-order valence-electron chi connectivity index (χ4n) is 3.12. The summed E-state index contributed by atoms with van der Waals surface area (Å²) in [5.41, 5.74) is -4.68. The van der Waals surface area contributed by atoms with E-state index in [4.69, 9.17) is 0 Å². The standard InChI is InChI=1S/C20H14F7N3O/c1-29-16(20(25,26)27)14(11-7-4-3-5-8-11)17(30(29)2)28-18(31)12-9-6-10-13(15(12)21)19(22,23)24/h3-10H,1-2H3. The first-order valence-corrected chi connectivity index (χ1v) is 8.67. The van der Waals surface area contributed by atoms with E-state index in [-0.39, 0.29) is 5.56 Å². The van der Waals surface area contributed by atoms with Crippen molar-refractivity contribution in [2.24, 2.45) is 19.1 Å². The summed E-state index contributed by atoms with van der Waals surface area (Å²) in [6.45, 7) is 0. The van der Waals surface area contributed by atoms with Crippen molar-refractivity contribution in [3.63, 3.8) is 0 Å². The van der Waals surface area contributed by atoms with Crippen LogP contribution in [0.3, 0.4) is 0 Å². The highest BCUT2D eigenvalue weighted by molar-refractivity contribution is 5.95. The summed E-state index contributed by atoms with van der Waals surface area (Å²) in [6, 6.07) is 9.29. The van der Waals surface area contributed by atoms with Crippen LogP contribution in [0.25, 0.3) is 11.1 Å². The molecule has 164 valence electrons. The first-order chi connectivity index (χ1) is 14.3. The Morgan fingerprint density at radius 2 is 1.45 bits per heavy atom. The third-order valence-corrected chi connectivity index (χ3v) is 4.61. The molecule has 0 N–H and O–H groups in total. The van der Waals surface area contributed by atoms with Gasteiger partial charge in [0, 0.05) is 14.1 Å². The second-order valence-corrected chi connectivity index (χ2v) is 6.54. The van der Waals surface area contributed by atoms with E-state index < -0.39 is 51.9 Å². The van der Waals surface area contributed by atoms with E-state index in [1.54, 1.807) is 6.07 Å². The Balaban J connectivity index is 2.31. The van der Waals surface area contributed by atoms with Crippen LogP contribution in [0.4, 0.5) is 30.7 Å². The maximum Gasteiger partial charge on any atom is 0.433 e. The van der Waals surface area contributed by atoms with E-state index >= 15 is 0 Å². The molecule has 0 aliphatic heterocycles. The molecule has 0 aliphatic carbocycles. The van der Waals surface area contributed by atoms with Crippen molar-refractivity contribution >= 4 is 5.91 Å². The summed E-state index contributed by atoms with van der Waals surface area (Å²) < 4.78 is 96.0. The van der Waals surface area contributed by atoms with Gasteiger partial charge in [-0.15, -0.1) is 0 Å². The molecule has 1 aromatic heterocycles. The fourth-order valence-corrected chi connectivity index (χ4v) is 3.12. The van der Waals surface area contributed by atoms with E-state index in [0.717, 1.165) is 23.9 Å². The summed E-state index contributed by atoms with van der Waals surface area (Å²) in [5, 5.41) is 0. The molecule has 0 atom stereocenters. The lowest BCUT2D eigenvalue weighted by Crippen LogP contribution is -2.22. The highest BCUT2D eigenvalue weighted by atomic mass is 19.4. The van der Waals surface area contributed by atoms with Gasteiger partial charge in [0.15, 0.2) is 11.2 Å². The van der Waals surface area contributed by atoms with Crippen molar-refractivity contribution in [1.29, 1.82) is 0 Å². The van der Waals surface area contributed by atoms with E-state index in [0.29, 0.717) is 10.7 Å². The summed E-state index contributed by atoms with van der Waals surface area (Å²) in [4.78, 5) is 16.1. The summed E-state index contributed by atoms with van der Waals surface area (Å²) >= 11 is 0. The van der Waals surface area contributed by atoms with Crippen LogP contribution in [0.5, 0.6) is 0 Å². The number of carbonyl (C=O) groups excluding carboxylic acids is 1. The first kappa shape index (κ1) is 22.3. The maximum atomic E-state index is 14.3. The van der Waals surface area contributed by atoms with Gasteiger partial charge in [0.25, 0.3) is 5.91 Å². The van der Waals surface area contributed by atoms with Gasteiger partial charge >= 0.3 is 12.4 Å². The number of benzene rings is 2. The maximum absolute atomic E-state index is 14.3. The van der Waals surface area contributed by atoms with E-state index in [1.165, 1.54) is 31.3 Å². The predicted octanol–water partition coefficient (Wildman–Crippen LogP) is 4.95. The van der Waals surface area contributed by atoms with Crippen LogP contribution >= 0.6 is 0 Å². The summed E-state index contributed by atoms with van der Waals surface area (Å²) in [7, 11) is 2.28. The van der Waals surface area contributed by atoms with E-state index in [2.05, 4.69) is 4.99 Å². The molecule has 2 aromatic carbocycles. The molecule has 0 spiro atoms. The van der Waals surface area contributed by atoms with E-state index in [9.17, 15) is 35.5 Å². The number of nitrogens with zero attached hydrogens (tertiary/aromatic N) is 3. The zero-order valence-electron chi connectivity index (χ0n) is 16.0. The van der Waals surface area contributed by atoms with Crippen LogP contribution in [0.15, 0.2) is 53.5 Å². The van der Waals surface area contributed by atoms with Crippen molar-refractivity contribution in [2.75, 3.05) is 0 Å². The van der Waals surface area contributed by atoms with Gasteiger partial charge in [0.05, 0.1) is 16.7 Å². The second-order valence-electron chi connectivity index (χ2n) is 6.54. The Morgan fingerprint density at radius 1 is 0.839 bits per heavy atom. The van der Waals surface area contributed by atoms with Crippen LogP contribution in [0.2, 0.25) is 0 Å². The topological polar surface area (TPSA) is 39.3 Å². The van der Waals surface area contributed by atoms with E-state index in [1.807, 2.05) is 0 Å². The molecule has 0 radical (unpaired) electrons. The SMILES string of the molecule is Cn1c(C(F)(F)F)c(-c2ccccc2)c(=NC(=O)c2cccc(C(F)(F)F)c2F)n1C. The lowest BCUT2D eigenvalue weighted by molar-refractivity contribution is -0.143. The molecule has 3 aromatic rings. The molecule has 4 nitrogen and oxygen atoms in total. The minimum Gasteiger partial charge on any atom is -0.282 e. The molecule has 3 rings (SSSR count). The number of aromatic nitrogens is 2. The zero-order valence-corrected chi connectivity index (χ0v) is 16.0. The van der Waals surface area contributed by atoms with Gasteiger partial charge in [-0.25, -0.2) is 4.39 Å². The number of hydrogen-bond acceptors (Lipinski definition) is 1. The van der Waals surface area contributed by atoms with Gasteiger partial charge in [-0.05, 0) is 17.7 Å². The quantitative estimate of drug-likeness (QED) is 0.515. The van der Waals surface area contributed by atoms with Crippen molar-refractivity contribution in [2.45, 2.75) is 12.4 Å². The summed E-state index contributed by atoms with van der Waals surface area (Å²) in [6.07, 6.45) is -9.90. The lowest BCUT2D eigenvalue weighted by atomic mass is 10.1. The van der Waals surface area contributed by atoms with Gasteiger partial charge in [0.1, 0.15) is 5.82 Å². The third kappa shape index (κ3) is 4.12. The molecular weight excluding hydrogens is 431 g/mol. The van der Waals surface area contributed by atoms with Crippen LogP contribution in [0.1, 0.15) is 21.6 Å². The molecule has 11 heteroatoms. The average molecular weight is 445 g/mol. The Morgan fingerprint density at radius 3 is 2.00 bits per heavy atom. The molecule has 0 aliphatic rings. The third-order valence-electron chi connectivity index (χ3n) is 4.61. The molecule has 31 heavy (non-hydrogen) atoms. The molecule has 0 bridgehead atoms. The summed E-state index contributed by atoms with van der Waals surface area (Å²) in [5.74, 6) is -3.30. The van der Waals surface area contributed by atoms with Gasteiger partial charge in [-0.3, -0.25) is 14.2 Å². The molecule has 0 saturated carbocycles. The van der Waals surface area contributed by atoms with Crippen molar-refractivity contribution in [3.05, 3.63) is 76.7 Å². The minimum absolute atomic E-state index is 0.0714. The highest BCUT2D eigenvalue weighted by Gasteiger charge is 2.40. The number of hydrogen-bond donors (Lipinski definition) is 0. The van der Waals surface area contributed by atoms with Gasteiger partial charge in [0.2, 0.25) is 0 Å².